The molecule has 146 valence electrons. The Morgan fingerprint density at radius 2 is 2.00 bits per heavy atom. The van der Waals surface area contributed by atoms with Gasteiger partial charge < -0.3 is 15.0 Å². The number of nitro groups is 1. The minimum atomic E-state index is -0.564. The lowest BCUT2D eigenvalue weighted by molar-refractivity contribution is -0.384. The van der Waals surface area contributed by atoms with Crippen molar-refractivity contribution in [3.8, 4) is 5.75 Å². The van der Waals surface area contributed by atoms with Crippen LogP contribution in [0.15, 0.2) is 48.5 Å². The van der Waals surface area contributed by atoms with Gasteiger partial charge in [0.25, 0.3) is 11.6 Å². The van der Waals surface area contributed by atoms with Crippen LogP contribution in [-0.4, -0.2) is 41.8 Å². The minimum Gasteiger partial charge on any atom is -0.497 e. The first kappa shape index (κ1) is 19.3. The summed E-state index contributed by atoms with van der Waals surface area (Å²) in [5, 5.41) is 13.4. The number of rotatable bonds is 6. The molecular formula is C20H21N3O5. The number of methoxy groups -OCH3 is 1. The smallest absolute Gasteiger partial charge is 0.270 e. The van der Waals surface area contributed by atoms with Gasteiger partial charge in [0.15, 0.2) is 0 Å². The zero-order chi connectivity index (χ0) is 20.1. The van der Waals surface area contributed by atoms with Crippen molar-refractivity contribution in [2.24, 2.45) is 0 Å². The molecule has 1 aliphatic rings. The molecular weight excluding hydrogens is 362 g/mol. The van der Waals surface area contributed by atoms with Gasteiger partial charge in [0, 0.05) is 24.2 Å². The number of amides is 2. The summed E-state index contributed by atoms with van der Waals surface area (Å²) in [6.07, 6.45) is 1.75. The number of non-ortho nitro benzene ring substituents is 1. The summed E-state index contributed by atoms with van der Waals surface area (Å²) in [4.78, 5) is 36.9. The number of ether oxygens (including phenoxy) is 1. The van der Waals surface area contributed by atoms with E-state index >= 15 is 0 Å². The topological polar surface area (TPSA) is 102 Å². The third kappa shape index (κ3) is 4.28. The van der Waals surface area contributed by atoms with Crippen LogP contribution in [-0.2, 0) is 4.79 Å². The fourth-order valence-electron chi connectivity index (χ4n) is 3.36. The molecule has 0 bridgehead atoms. The molecule has 8 heteroatoms. The summed E-state index contributed by atoms with van der Waals surface area (Å²) in [5.74, 6) is 0.0539. The van der Waals surface area contributed by atoms with Crippen molar-refractivity contribution in [1.82, 2.24) is 10.2 Å². The van der Waals surface area contributed by atoms with Crippen LogP contribution in [0.5, 0.6) is 5.75 Å². The Labute approximate surface area is 162 Å². The Balaban J connectivity index is 1.62. The minimum absolute atomic E-state index is 0.0341. The van der Waals surface area contributed by atoms with Crippen LogP contribution in [0, 0.1) is 10.1 Å². The maximum Gasteiger partial charge on any atom is 0.270 e. The molecule has 1 fully saturated rings. The van der Waals surface area contributed by atoms with E-state index in [1.54, 1.807) is 12.0 Å². The van der Waals surface area contributed by atoms with E-state index in [0.717, 1.165) is 24.2 Å². The number of nitro benzene ring substituents is 1. The second-order valence-corrected chi connectivity index (χ2v) is 6.51. The van der Waals surface area contributed by atoms with Crippen molar-refractivity contribution in [2.45, 2.75) is 18.9 Å². The van der Waals surface area contributed by atoms with Gasteiger partial charge in [-0.15, -0.1) is 0 Å². The van der Waals surface area contributed by atoms with Crippen molar-refractivity contribution in [2.75, 3.05) is 20.2 Å². The van der Waals surface area contributed by atoms with Crippen molar-refractivity contribution < 1.29 is 19.2 Å². The average Bonchev–Trinajstić information content (AvgIpc) is 3.22. The standard InChI is InChI=1S/C20H21N3O5/c1-28-17-9-7-14(8-10-17)18-6-3-11-22(18)19(24)13-21-20(25)15-4-2-5-16(12-15)23(26)27/h2,4-5,7-10,12,18H,3,6,11,13H2,1H3,(H,21,25). The highest BCUT2D eigenvalue weighted by molar-refractivity contribution is 5.97. The predicted molar refractivity (Wildman–Crippen MR) is 102 cm³/mol. The number of benzene rings is 2. The largest absolute Gasteiger partial charge is 0.497 e. The van der Waals surface area contributed by atoms with E-state index in [0.29, 0.717) is 6.54 Å². The van der Waals surface area contributed by atoms with Gasteiger partial charge in [-0.3, -0.25) is 19.7 Å². The number of hydrogen-bond acceptors (Lipinski definition) is 5. The zero-order valence-corrected chi connectivity index (χ0v) is 15.5. The average molecular weight is 383 g/mol. The van der Waals surface area contributed by atoms with Gasteiger partial charge in [-0.2, -0.15) is 0 Å². The third-order valence-electron chi connectivity index (χ3n) is 4.79. The summed E-state index contributed by atoms with van der Waals surface area (Å²) in [5.41, 5.74) is 1.00. The molecule has 1 N–H and O–H groups in total. The van der Waals surface area contributed by atoms with Crippen LogP contribution >= 0.6 is 0 Å². The van der Waals surface area contributed by atoms with Crippen molar-refractivity contribution in [1.29, 1.82) is 0 Å². The molecule has 3 rings (SSSR count). The van der Waals surface area contributed by atoms with Gasteiger partial charge in [0.1, 0.15) is 5.75 Å². The highest BCUT2D eigenvalue weighted by atomic mass is 16.6. The fourth-order valence-corrected chi connectivity index (χ4v) is 3.36. The molecule has 2 aromatic rings. The van der Waals surface area contributed by atoms with Crippen LogP contribution in [0.1, 0.15) is 34.8 Å². The Kier molecular flexibility index (Phi) is 5.88. The predicted octanol–water partition coefficient (Wildman–Crippen LogP) is 2.70. The van der Waals surface area contributed by atoms with E-state index in [1.165, 1.54) is 24.3 Å². The summed E-state index contributed by atoms with van der Waals surface area (Å²) < 4.78 is 5.17. The first-order chi connectivity index (χ1) is 13.5. The molecule has 0 spiro atoms. The van der Waals surface area contributed by atoms with Gasteiger partial charge in [-0.1, -0.05) is 18.2 Å². The Morgan fingerprint density at radius 3 is 2.68 bits per heavy atom. The molecule has 1 saturated heterocycles. The number of nitrogens with zero attached hydrogens (tertiary/aromatic N) is 2. The summed E-state index contributed by atoms with van der Waals surface area (Å²) in [6, 6.07) is 13.0. The monoisotopic (exact) mass is 383 g/mol. The van der Waals surface area contributed by atoms with Crippen LogP contribution < -0.4 is 10.1 Å². The molecule has 0 radical (unpaired) electrons. The van der Waals surface area contributed by atoms with Gasteiger partial charge >= 0.3 is 0 Å². The molecule has 8 nitrogen and oxygen atoms in total. The van der Waals surface area contributed by atoms with E-state index in [9.17, 15) is 19.7 Å². The van der Waals surface area contributed by atoms with Gasteiger partial charge in [0.05, 0.1) is 24.6 Å². The van der Waals surface area contributed by atoms with Gasteiger partial charge in [-0.05, 0) is 36.6 Å². The molecule has 0 aliphatic carbocycles. The SMILES string of the molecule is COc1ccc(C2CCCN2C(=O)CNC(=O)c2cccc([N+](=O)[O-])c2)cc1. The van der Waals surface area contributed by atoms with Crippen molar-refractivity contribution in [3.05, 3.63) is 69.8 Å². The Bertz CT molecular complexity index is 882. The van der Waals surface area contributed by atoms with Crippen LogP contribution in [0.3, 0.4) is 0 Å². The van der Waals surface area contributed by atoms with E-state index < -0.39 is 10.8 Å². The van der Waals surface area contributed by atoms with Crippen LogP contribution in [0.2, 0.25) is 0 Å². The second kappa shape index (κ2) is 8.51. The lowest BCUT2D eigenvalue weighted by Gasteiger charge is -2.25. The highest BCUT2D eigenvalue weighted by Gasteiger charge is 2.30. The molecule has 1 heterocycles. The number of nitrogens with one attached hydrogen (secondary N) is 1. The van der Waals surface area contributed by atoms with E-state index in [1.807, 2.05) is 24.3 Å². The first-order valence-corrected chi connectivity index (χ1v) is 8.95. The van der Waals surface area contributed by atoms with E-state index in [-0.39, 0.29) is 29.7 Å². The first-order valence-electron chi connectivity index (χ1n) is 8.95. The number of hydrogen-bond donors (Lipinski definition) is 1. The summed E-state index contributed by atoms with van der Waals surface area (Å²) in [7, 11) is 1.60. The third-order valence-corrected chi connectivity index (χ3v) is 4.79. The van der Waals surface area contributed by atoms with E-state index in [2.05, 4.69) is 5.32 Å². The maximum atomic E-state index is 12.6. The Morgan fingerprint density at radius 1 is 1.25 bits per heavy atom. The number of carbonyl (C=O) groups is 2. The molecule has 0 aromatic heterocycles. The zero-order valence-electron chi connectivity index (χ0n) is 15.5. The maximum absolute atomic E-state index is 12.6. The van der Waals surface area contributed by atoms with Crippen molar-refractivity contribution >= 4 is 17.5 Å². The van der Waals surface area contributed by atoms with Gasteiger partial charge in [0.2, 0.25) is 5.91 Å². The molecule has 0 saturated carbocycles. The molecule has 1 unspecified atom stereocenters. The molecule has 2 aromatic carbocycles. The Hall–Kier alpha value is -3.42. The molecule has 28 heavy (non-hydrogen) atoms. The summed E-state index contributed by atoms with van der Waals surface area (Å²) in [6.45, 7) is 0.469. The normalized spacial score (nSPS) is 15.9. The number of likely N-dealkylation sites (tertiary alicyclic amines) is 1. The quantitative estimate of drug-likeness (QED) is 0.610. The molecule has 2 amide bonds. The lowest BCUT2D eigenvalue weighted by Crippen LogP contribution is -2.39. The molecule has 1 atom stereocenters. The second-order valence-electron chi connectivity index (χ2n) is 6.51. The lowest BCUT2D eigenvalue weighted by atomic mass is 10.0. The summed E-state index contributed by atoms with van der Waals surface area (Å²) >= 11 is 0. The van der Waals surface area contributed by atoms with Crippen LogP contribution in [0.25, 0.3) is 0 Å². The van der Waals surface area contributed by atoms with Crippen molar-refractivity contribution in [3.63, 3.8) is 0 Å². The highest BCUT2D eigenvalue weighted by Crippen LogP contribution is 2.32. The number of carbonyl (C=O) groups excluding carboxylic acids is 2. The molecule has 1 aliphatic heterocycles. The van der Waals surface area contributed by atoms with Gasteiger partial charge in [-0.25, -0.2) is 0 Å². The van der Waals surface area contributed by atoms with E-state index in [4.69, 9.17) is 4.74 Å². The fraction of sp³-hybridized carbons (Fsp3) is 0.300. The van der Waals surface area contributed by atoms with Crippen LogP contribution in [0.4, 0.5) is 5.69 Å².